The van der Waals surface area contributed by atoms with Gasteiger partial charge in [0.1, 0.15) is 5.76 Å². The molecule has 168 valence electrons. The van der Waals surface area contributed by atoms with Crippen LogP contribution < -0.4 is 10.6 Å². The Morgan fingerprint density at radius 2 is 1.94 bits per heavy atom. The summed E-state index contributed by atoms with van der Waals surface area (Å²) < 4.78 is 5.24. The highest BCUT2D eigenvalue weighted by molar-refractivity contribution is 5.86. The lowest BCUT2D eigenvalue weighted by Gasteiger charge is -2.33. The average molecular weight is 427 g/mol. The number of aromatic nitrogens is 1. The predicted octanol–water partition coefficient (Wildman–Crippen LogP) is 2.08. The number of nitrogens with one attached hydrogen (secondary N) is 2. The summed E-state index contributed by atoms with van der Waals surface area (Å²) in [6.07, 6.45) is 2.06. The van der Waals surface area contributed by atoms with Crippen LogP contribution in [0, 0.1) is 13.8 Å². The van der Waals surface area contributed by atoms with Crippen LogP contribution in [0.4, 0.5) is 0 Å². The lowest BCUT2D eigenvalue weighted by molar-refractivity contribution is -0.127. The molecule has 1 saturated heterocycles. The Kier molecular flexibility index (Phi) is 8.06. The molecule has 31 heavy (non-hydrogen) atoms. The van der Waals surface area contributed by atoms with Gasteiger partial charge in [0.05, 0.1) is 18.8 Å². The van der Waals surface area contributed by atoms with Crippen molar-refractivity contribution in [2.24, 2.45) is 4.99 Å². The molecule has 0 atom stereocenters. The molecule has 0 aliphatic carbocycles. The van der Waals surface area contributed by atoms with Crippen molar-refractivity contribution in [3.63, 3.8) is 0 Å². The molecule has 1 aromatic heterocycles. The second kappa shape index (κ2) is 10.9. The topological polar surface area (TPSA) is 86.0 Å². The van der Waals surface area contributed by atoms with Gasteiger partial charge in [-0.15, -0.1) is 0 Å². The van der Waals surface area contributed by atoms with Crippen molar-refractivity contribution in [3.8, 4) is 0 Å². The number of likely N-dealkylation sites (N-methyl/N-ethyl adjacent to an activating group) is 1. The minimum Gasteiger partial charge on any atom is -0.361 e. The lowest BCUT2D eigenvalue weighted by Crippen LogP contribution is -2.50. The van der Waals surface area contributed by atoms with Gasteiger partial charge < -0.3 is 20.1 Å². The number of hydrogen-bond acceptors (Lipinski definition) is 5. The number of nitrogens with zero attached hydrogens (tertiary/aromatic N) is 4. The van der Waals surface area contributed by atoms with Crippen LogP contribution in [-0.4, -0.2) is 66.6 Å². The minimum absolute atomic E-state index is 0.00418. The van der Waals surface area contributed by atoms with Gasteiger partial charge in [0.2, 0.25) is 5.91 Å². The summed E-state index contributed by atoms with van der Waals surface area (Å²) in [6, 6.07) is 10.9. The highest BCUT2D eigenvalue weighted by Crippen LogP contribution is 2.15. The number of aryl methyl sites for hydroxylation is 2. The number of carbonyl (C=O) groups is 1. The maximum atomic E-state index is 12.0. The molecule has 0 unspecified atom stereocenters. The van der Waals surface area contributed by atoms with E-state index in [4.69, 9.17) is 9.52 Å². The van der Waals surface area contributed by atoms with Gasteiger partial charge in [-0.25, -0.2) is 4.99 Å². The fourth-order valence-corrected chi connectivity index (χ4v) is 3.63. The molecular formula is C23H34N6O2. The fourth-order valence-electron chi connectivity index (χ4n) is 3.63. The summed E-state index contributed by atoms with van der Waals surface area (Å²) >= 11 is 0. The third-order valence-corrected chi connectivity index (χ3v) is 5.66. The van der Waals surface area contributed by atoms with Gasteiger partial charge in [-0.3, -0.25) is 9.69 Å². The van der Waals surface area contributed by atoms with E-state index >= 15 is 0 Å². The van der Waals surface area contributed by atoms with Crippen molar-refractivity contribution < 1.29 is 9.32 Å². The van der Waals surface area contributed by atoms with Gasteiger partial charge in [-0.05, 0) is 32.3 Å². The largest absolute Gasteiger partial charge is 0.361 e. The van der Waals surface area contributed by atoms with E-state index in [0.717, 1.165) is 49.5 Å². The molecule has 8 nitrogen and oxygen atoms in total. The summed E-state index contributed by atoms with van der Waals surface area (Å²) in [5.74, 6) is 1.43. The van der Waals surface area contributed by atoms with E-state index in [9.17, 15) is 4.79 Å². The third kappa shape index (κ3) is 6.82. The first-order valence-corrected chi connectivity index (χ1v) is 10.9. The van der Waals surface area contributed by atoms with Crippen molar-refractivity contribution in [1.82, 2.24) is 25.6 Å². The molecule has 1 fully saturated rings. The molecule has 2 N–H and O–H groups in total. The van der Waals surface area contributed by atoms with Gasteiger partial charge in [0, 0.05) is 45.3 Å². The van der Waals surface area contributed by atoms with E-state index in [-0.39, 0.29) is 12.5 Å². The smallest absolute Gasteiger partial charge is 0.241 e. The molecule has 3 rings (SSSR count). The van der Waals surface area contributed by atoms with Crippen molar-refractivity contribution in [2.45, 2.75) is 45.8 Å². The first kappa shape index (κ1) is 22.8. The average Bonchev–Trinajstić information content (AvgIpc) is 3.09. The molecular weight excluding hydrogens is 392 g/mol. The van der Waals surface area contributed by atoms with Crippen LogP contribution >= 0.6 is 0 Å². The minimum atomic E-state index is 0.00418. The van der Waals surface area contributed by atoms with Crippen LogP contribution in [0.2, 0.25) is 0 Å². The monoisotopic (exact) mass is 426 g/mol. The number of carbonyl (C=O) groups excluding carboxylic acids is 1. The van der Waals surface area contributed by atoms with Crippen molar-refractivity contribution in [1.29, 1.82) is 0 Å². The summed E-state index contributed by atoms with van der Waals surface area (Å²) in [5, 5.41) is 10.7. The standard InChI is InChI=1S/C23H34N6O2/c1-17-21(18(2)31-27-17)14-24-23(25-15-22(30)28(3)4)26-20-10-12-29(13-11-20)16-19-8-6-5-7-9-19/h5-9,20H,10-16H2,1-4H3,(H2,24,25,26). The van der Waals surface area contributed by atoms with E-state index in [0.29, 0.717) is 18.5 Å². The Labute approximate surface area is 184 Å². The van der Waals surface area contributed by atoms with Crippen molar-refractivity contribution in [3.05, 3.63) is 52.9 Å². The number of aliphatic imine (C=N–C) groups is 1. The maximum Gasteiger partial charge on any atom is 0.241 e. The zero-order valence-electron chi connectivity index (χ0n) is 19.0. The quantitative estimate of drug-likeness (QED) is 0.521. The van der Waals surface area contributed by atoms with Gasteiger partial charge in [0.15, 0.2) is 5.96 Å². The molecule has 2 aromatic rings. The van der Waals surface area contributed by atoms with Gasteiger partial charge in [-0.2, -0.15) is 0 Å². The van der Waals surface area contributed by atoms with Crippen LogP contribution in [0.25, 0.3) is 0 Å². The van der Waals surface area contributed by atoms with Gasteiger partial charge >= 0.3 is 0 Å². The molecule has 1 aliphatic heterocycles. The third-order valence-electron chi connectivity index (χ3n) is 5.66. The molecule has 0 saturated carbocycles. The number of amides is 1. The lowest BCUT2D eigenvalue weighted by atomic mass is 10.0. The highest BCUT2D eigenvalue weighted by atomic mass is 16.5. The van der Waals surface area contributed by atoms with Gasteiger partial charge in [0.25, 0.3) is 0 Å². The predicted molar refractivity (Wildman–Crippen MR) is 122 cm³/mol. The number of benzene rings is 1. The first-order valence-electron chi connectivity index (χ1n) is 10.9. The second-order valence-corrected chi connectivity index (χ2v) is 8.29. The Morgan fingerprint density at radius 3 is 2.55 bits per heavy atom. The second-order valence-electron chi connectivity index (χ2n) is 8.29. The number of guanidine groups is 1. The maximum absolute atomic E-state index is 12.0. The Balaban J connectivity index is 1.57. The van der Waals surface area contributed by atoms with Crippen LogP contribution in [0.1, 0.15) is 35.4 Å². The summed E-state index contributed by atoms with van der Waals surface area (Å²) in [4.78, 5) is 20.8. The molecule has 1 aliphatic rings. The number of rotatable bonds is 7. The summed E-state index contributed by atoms with van der Waals surface area (Å²) in [6.45, 7) is 7.51. The number of hydrogen-bond donors (Lipinski definition) is 2. The highest BCUT2D eigenvalue weighted by Gasteiger charge is 2.21. The van der Waals surface area contributed by atoms with Crippen molar-refractivity contribution in [2.75, 3.05) is 33.7 Å². The zero-order valence-corrected chi connectivity index (χ0v) is 19.0. The first-order chi connectivity index (χ1) is 14.9. The zero-order chi connectivity index (χ0) is 22.2. The van der Waals surface area contributed by atoms with Crippen LogP contribution in [0.3, 0.4) is 0 Å². The van der Waals surface area contributed by atoms with Crippen LogP contribution in [0.15, 0.2) is 39.8 Å². The molecule has 0 bridgehead atoms. The molecule has 1 amide bonds. The molecule has 0 radical (unpaired) electrons. The van der Waals surface area contributed by atoms with Crippen LogP contribution in [0.5, 0.6) is 0 Å². The summed E-state index contributed by atoms with van der Waals surface area (Å²) in [7, 11) is 3.50. The van der Waals surface area contributed by atoms with E-state index < -0.39 is 0 Å². The summed E-state index contributed by atoms with van der Waals surface area (Å²) in [5.41, 5.74) is 3.18. The van der Waals surface area contributed by atoms with Crippen LogP contribution in [-0.2, 0) is 17.9 Å². The fraction of sp³-hybridized carbons (Fsp3) is 0.522. The Hall–Kier alpha value is -2.87. The number of likely N-dealkylation sites (tertiary alicyclic amines) is 1. The van der Waals surface area contributed by atoms with E-state index in [2.05, 4.69) is 51.0 Å². The van der Waals surface area contributed by atoms with Gasteiger partial charge in [-0.1, -0.05) is 35.5 Å². The van der Waals surface area contributed by atoms with E-state index in [1.807, 2.05) is 13.8 Å². The van der Waals surface area contributed by atoms with E-state index in [1.165, 1.54) is 5.56 Å². The van der Waals surface area contributed by atoms with E-state index in [1.54, 1.807) is 19.0 Å². The SMILES string of the molecule is Cc1noc(C)c1CN=C(NCC(=O)N(C)C)NC1CCN(Cc2ccccc2)CC1. The molecule has 2 heterocycles. The number of piperidine rings is 1. The molecule has 0 spiro atoms. The Morgan fingerprint density at radius 1 is 1.23 bits per heavy atom. The molecule has 8 heteroatoms. The normalized spacial score (nSPS) is 15.7. The molecule has 1 aromatic carbocycles. The van der Waals surface area contributed by atoms with Crippen molar-refractivity contribution >= 4 is 11.9 Å². The Bertz CT molecular complexity index is 850.